The fourth-order valence-corrected chi connectivity index (χ4v) is 8.22. The summed E-state index contributed by atoms with van der Waals surface area (Å²) in [5.41, 5.74) is -1.26. The molecule has 3 saturated carbocycles. The molecule has 0 amide bonds. The molecule has 0 aromatic heterocycles. The molecule has 3 fully saturated rings. The van der Waals surface area contributed by atoms with Crippen molar-refractivity contribution < 1.29 is 23.4 Å². The molecule has 0 aromatic rings. The lowest BCUT2D eigenvalue weighted by molar-refractivity contribution is -0.255. The van der Waals surface area contributed by atoms with Gasteiger partial charge in [-0.3, -0.25) is 0 Å². The van der Waals surface area contributed by atoms with Crippen molar-refractivity contribution in [2.24, 2.45) is 34.5 Å². The van der Waals surface area contributed by atoms with E-state index in [4.69, 9.17) is 0 Å². The van der Waals surface area contributed by atoms with Crippen molar-refractivity contribution in [2.75, 3.05) is 0 Å². The molecule has 4 rings (SSSR count). The Bertz CT molecular complexity index is 725. The molecule has 5 heteroatoms. The maximum atomic E-state index is 13.0. The molecular formula is C26H41F3O2. The lowest BCUT2D eigenvalue weighted by Gasteiger charge is -2.59. The summed E-state index contributed by atoms with van der Waals surface area (Å²) >= 11 is 0. The lowest BCUT2D eigenvalue weighted by Crippen LogP contribution is -2.51. The molecule has 0 aromatic carbocycles. The number of hydrogen-bond acceptors (Lipinski definition) is 2. The van der Waals surface area contributed by atoms with E-state index in [1.54, 1.807) is 0 Å². The highest BCUT2D eigenvalue weighted by atomic mass is 19.4. The van der Waals surface area contributed by atoms with Gasteiger partial charge in [-0.15, -0.1) is 0 Å². The third kappa shape index (κ3) is 3.90. The molecule has 178 valence electrons. The van der Waals surface area contributed by atoms with Crippen molar-refractivity contribution >= 4 is 0 Å². The van der Waals surface area contributed by atoms with Crippen molar-refractivity contribution in [1.82, 2.24) is 0 Å². The normalized spacial score (nSPS) is 47.1. The Labute approximate surface area is 185 Å². The molecular weight excluding hydrogens is 401 g/mol. The minimum atomic E-state index is -4.56. The van der Waals surface area contributed by atoms with Crippen LogP contribution in [0, 0.1) is 34.5 Å². The average Bonchev–Trinajstić information content (AvgIpc) is 2.98. The number of fused-ring (bicyclic) bond motifs is 5. The fourth-order valence-electron chi connectivity index (χ4n) is 8.22. The summed E-state index contributed by atoms with van der Waals surface area (Å²) in [5, 5.41) is 20.4. The second-order valence-electron chi connectivity index (χ2n) is 12.4. The zero-order valence-electron chi connectivity index (χ0n) is 19.7. The van der Waals surface area contributed by atoms with E-state index in [0.717, 1.165) is 45.4 Å². The van der Waals surface area contributed by atoms with Crippen LogP contribution in [0.25, 0.3) is 0 Å². The topological polar surface area (TPSA) is 40.5 Å². The van der Waals surface area contributed by atoms with Crippen LogP contribution in [0.4, 0.5) is 13.2 Å². The van der Waals surface area contributed by atoms with Crippen LogP contribution in [0.1, 0.15) is 98.3 Å². The van der Waals surface area contributed by atoms with Crippen molar-refractivity contribution in [3.63, 3.8) is 0 Å². The van der Waals surface area contributed by atoms with E-state index in [1.807, 2.05) is 6.92 Å². The van der Waals surface area contributed by atoms with Gasteiger partial charge < -0.3 is 10.2 Å². The smallest absolute Gasteiger partial charge is 0.390 e. The van der Waals surface area contributed by atoms with Gasteiger partial charge in [0, 0.05) is 0 Å². The first-order valence-electron chi connectivity index (χ1n) is 12.4. The largest absolute Gasteiger partial charge is 0.416 e. The van der Waals surface area contributed by atoms with E-state index in [1.165, 1.54) is 24.8 Å². The average molecular weight is 443 g/mol. The van der Waals surface area contributed by atoms with Gasteiger partial charge in [-0.05, 0) is 119 Å². The maximum Gasteiger partial charge on any atom is 0.416 e. The number of hydrogen-bond donors (Lipinski definition) is 2. The molecule has 8 atom stereocenters. The second kappa shape index (κ2) is 7.48. The number of rotatable bonds is 4. The van der Waals surface area contributed by atoms with E-state index >= 15 is 0 Å². The van der Waals surface area contributed by atoms with E-state index in [0.29, 0.717) is 30.1 Å². The van der Waals surface area contributed by atoms with Crippen molar-refractivity contribution in [3.05, 3.63) is 11.6 Å². The first-order chi connectivity index (χ1) is 14.2. The molecule has 4 aliphatic carbocycles. The lowest BCUT2D eigenvalue weighted by atomic mass is 9.46. The first kappa shape index (κ1) is 23.6. The molecule has 0 aliphatic heterocycles. The predicted octanol–water partition coefficient (Wildman–Crippen LogP) is 6.80. The number of halogens is 3. The maximum absolute atomic E-state index is 13.0. The van der Waals surface area contributed by atoms with Gasteiger partial charge in [-0.25, -0.2) is 0 Å². The van der Waals surface area contributed by atoms with Gasteiger partial charge in [0.25, 0.3) is 0 Å². The van der Waals surface area contributed by atoms with E-state index in [-0.39, 0.29) is 17.3 Å². The predicted molar refractivity (Wildman–Crippen MR) is 116 cm³/mol. The standard InChI is InChI=1S/C26H41F3O2/c1-22(30)14-15-24(3)18(16-22)7-9-19-20-10-8-17(23(20,2)13-11-21(19)24)6-5-12-25(4,31)26(27,28)29/h7,17,19-21,30-31H,5-6,8-16H2,1-4H3. The van der Waals surface area contributed by atoms with Crippen LogP contribution in [0.5, 0.6) is 0 Å². The SMILES string of the molecule is CC1(O)CCC2(C)C(=CCC3C2CCC2(C)C(CCCC(C)(O)C(F)(F)F)CCC32)C1. The van der Waals surface area contributed by atoms with Crippen LogP contribution < -0.4 is 0 Å². The molecule has 31 heavy (non-hydrogen) atoms. The Morgan fingerprint density at radius 2 is 1.74 bits per heavy atom. The molecule has 0 bridgehead atoms. The van der Waals surface area contributed by atoms with Crippen LogP contribution in [0.3, 0.4) is 0 Å². The third-order valence-electron chi connectivity index (χ3n) is 10.4. The highest BCUT2D eigenvalue weighted by molar-refractivity contribution is 5.26. The zero-order chi connectivity index (χ0) is 22.9. The highest BCUT2D eigenvalue weighted by Gasteiger charge is 2.59. The summed E-state index contributed by atoms with van der Waals surface area (Å²) in [6.07, 6.45) is 7.40. The van der Waals surface area contributed by atoms with E-state index in [2.05, 4.69) is 19.9 Å². The summed E-state index contributed by atoms with van der Waals surface area (Å²) in [6, 6.07) is 0. The van der Waals surface area contributed by atoms with Crippen LogP contribution in [-0.2, 0) is 0 Å². The molecule has 4 aliphatic rings. The Morgan fingerprint density at radius 3 is 2.42 bits per heavy atom. The second-order valence-corrected chi connectivity index (χ2v) is 12.4. The van der Waals surface area contributed by atoms with E-state index in [9.17, 15) is 23.4 Å². The molecule has 8 unspecified atom stereocenters. The Hall–Kier alpha value is -0.550. The monoisotopic (exact) mass is 442 g/mol. The van der Waals surface area contributed by atoms with Gasteiger partial charge in [-0.2, -0.15) is 13.2 Å². The van der Waals surface area contributed by atoms with Crippen molar-refractivity contribution in [2.45, 2.75) is 116 Å². The van der Waals surface area contributed by atoms with Crippen molar-refractivity contribution in [1.29, 1.82) is 0 Å². The van der Waals surface area contributed by atoms with Crippen LogP contribution in [0.15, 0.2) is 11.6 Å². The molecule has 0 radical (unpaired) electrons. The summed E-state index contributed by atoms with van der Waals surface area (Å²) in [5.74, 6) is 2.45. The summed E-state index contributed by atoms with van der Waals surface area (Å²) in [7, 11) is 0. The van der Waals surface area contributed by atoms with Gasteiger partial charge >= 0.3 is 6.18 Å². The molecule has 0 saturated heterocycles. The minimum Gasteiger partial charge on any atom is -0.390 e. The Balaban J connectivity index is 1.45. The molecule has 0 heterocycles. The fraction of sp³-hybridized carbons (Fsp3) is 0.923. The first-order valence-corrected chi connectivity index (χ1v) is 12.4. The quantitative estimate of drug-likeness (QED) is 0.470. The highest BCUT2D eigenvalue weighted by Crippen LogP contribution is 2.67. The summed E-state index contributed by atoms with van der Waals surface area (Å²) < 4.78 is 39.0. The van der Waals surface area contributed by atoms with Crippen LogP contribution >= 0.6 is 0 Å². The number of aliphatic hydroxyl groups is 2. The van der Waals surface area contributed by atoms with Crippen molar-refractivity contribution in [3.8, 4) is 0 Å². The molecule has 2 nitrogen and oxygen atoms in total. The van der Waals surface area contributed by atoms with Crippen LogP contribution in [0.2, 0.25) is 0 Å². The Kier molecular flexibility index (Phi) is 5.70. The zero-order valence-corrected chi connectivity index (χ0v) is 19.7. The summed E-state index contributed by atoms with van der Waals surface area (Å²) in [6.45, 7) is 7.71. The van der Waals surface area contributed by atoms with E-state index < -0.39 is 17.4 Å². The summed E-state index contributed by atoms with van der Waals surface area (Å²) in [4.78, 5) is 0. The van der Waals surface area contributed by atoms with Crippen LogP contribution in [-0.4, -0.2) is 27.6 Å². The van der Waals surface area contributed by atoms with Gasteiger partial charge in [-0.1, -0.05) is 25.5 Å². The van der Waals surface area contributed by atoms with Gasteiger partial charge in [0.15, 0.2) is 5.60 Å². The Morgan fingerprint density at radius 1 is 1.03 bits per heavy atom. The van der Waals surface area contributed by atoms with Gasteiger partial charge in [0.05, 0.1) is 5.60 Å². The van der Waals surface area contributed by atoms with Gasteiger partial charge in [0.2, 0.25) is 0 Å². The number of allylic oxidation sites excluding steroid dienone is 1. The number of alkyl halides is 3. The third-order valence-corrected chi connectivity index (χ3v) is 10.4. The molecule has 2 N–H and O–H groups in total. The molecule has 0 spiro atoms. The van der Waals surface area contributed by atoms with Gasteiger partial charge in [0.1, 0.15) is 0 Å². The minimum absolute atomic E-state index is 0.204.